The third-order valence-corrected chi connectivity index (χ3v) is 5.17. The van der Waals surface area contributed by atoms with Crippen molar-refractivity contribution in [2.24, 2.45) is 0 Å². The fourth-order valence-corrected chi connectivity index (χ4v) is 3.81. The van der Waals surface area contributed by atoms with Gasteiger partial charge in [0.15, 0.2) is 0 Å². The number of halogens is 2. The molecule has 0 aliphatic heterocycles. The van der Waals surface area contributed by atoms with E-state index >= 15 is 0 Å². The molecule has 0 aliphatic rings. The predicted octanol–water partition coefficient (Wildman–Crippen LogP) is 7.61. The van der Waals surface area contributed by atoms with Crippen LogP contribution in [0.15, 0.2) is 97.1 Å². The molecule has 0 nitrogen and oxygen atoms in total. The molecule has 0 saturated carbocycles. The van der Waals surface area contributed by atoms with E-state index in [9.17, 15) is 8.78 Å². The number of hydrogen-bond donors (Lipinski definition) is 0. The lowest BCUT2D eigenvalue weighted by Gasteiger charge is -2.15. The Morgan fingerprint density at radius 1 is 0.464 bits per heavy atom. The van der Waals surface area contributed by atoms with Crippen molar-refractivity contribution in [3.05, 3.63) is 109 Å². The van der Waals surface area contributed by atoms with Gasteiger partial charge in [0.2, 0.25) is 0 Å². The molecular formula is C26H16F2. The fourth-order valence-electron chi connectivity index (χ4n) is 3.81. The molecule has 0 heterocycles. The van der Waals surface area contributed by atoms with Crippen LogP contribution >= 0.6 is 0 Å². The van der Waals surface area contributed by atoms with E-state index in [-0.39, 0.29) is 11.6 Å². The Bertz CT molecular complexity index is 1300. The van der Waals surface area contributed by atoms with Crippen LogP contribution in [-0.4, -0.2) is 0 Å². The minimum Gasteiger partial charge on any atom is -0.207 e. The zero-order chi connectivity index (χ0) is 19.1. The van der Waals surface area contributed by atoms with Gasteiger partial charge in [-0.05, 0) is 80.2 Å². The zero-order valence-corrected chi connectivity index (χ0v) is 15.0. The lowest BCUT2D eigenvalue weighted by molar-refractivity contribution is 0.627. The van der Waals surface area contributed by atoms with Gasteiger partial charge in [-0.3, -0.25) is 0 Å². The Balaban J connectivity index is 1.88. The molecule has 0 unspecified atom stereocenters. The van der Waals surface area contributed by atoms with E-state index in [4.69, 9.17) is 0 Å². The van der Waals surface area contributed by atoms with Gasteiger partial charge in [-0.2, -0.15) is 0 Å². The highest BCUT2D eigenvalue weighted by atomic mass is 19.1. The summed E-state index contributed by atoms with van der Waals surface area (Å²) in [5.41, 5.74) is 3.88. The van der Waals surface area contributed by atoms with Gasteiger partial charge in [0.25, 0.3) is 0 Å². The maximum atomic E-state index is 13.6. The second-order valence-corrected chi connectivity index (χ2v) is 6.92. The zero-order valence-electron chi connectivity index (χ0n) is 15.0. The lowest BCUT2D eigenvalue weighted by Crippen LogP contribution is -1.89. The normalized spacial score (nSPS) is 11.2. The molecule has 0 amide bonds. The summed E-state index contributed by atoms with van der Waals surface area (Å²) in [7, 11) is 0. The molecule has 5 aromatic rings. The summed E-state index contributed by atoms with van der Waals surface area (Å²) < 4.78 is 27.0. The molecule has 0 bridgehead atoms. The van der Waals surface area contributed by atoms with Crippen molar-refractivity contribution in [3.63, 3.8) is 0 Å². The van der Waals surface area contributed by atoms with Crippen LogP contribution < -0.4 is 0 Å². The summed E-state index contributed by atoms with van der Waals surface area (Å²) in [6, 6.07) is 29.8. The molecule has 0 saturated heterocycles. The SMILES string of the molecule is Fc1ccc(-c2ccc3cc4ccccc4cc3c2-c2ccc(F)cc2)cc1. The van der Waals surface area contributed by atoms with E-state index < -0.39 is 0 Å². The smallest absolute Gasteiger partial charge is 0.123 e. The molecule has 0 aromatic heterocycles. The second-order valence-electron chi connectivity index (χ2n) is 6.92. The molecular weight excluding hydrogens is 350 g/mol. The molecule has 5 aromatic carbocycles. The van der Waals surface area contributed by atoms with Gasteiger partial charge in [-0.15, -0.1) is 0 Å². The van der Waals surface area contributed by atoms with Crippen molar-refractivity contribution in [1.82, 2.24) is 0 Å². The molecule has 2 heteroatoms. The van der Waals surface area contributed by atoms with Crippen LogP contribution in [0.2, 0.25) is 0 Å². The van der Waals surface area contributed by atoms with Gasteiger partial charge in [-0.1, -0.05) is 60.7 Å². The molecule has 0 N–H and O–H groups in total. The largest absolute Gasteiger partial charge is 0.207 e. The summed E-state index contributed by atoms with van der Waals surface area (Å²) in [5.74, 6) is -0.531. The van der Waals surface area contributed by atoms with Crippen molar-refractivity contribution in [2.75, 3.05) is 0 Å². The first kappa shape index (κ1) is 16.6. The average molecular weight is 366 g/mol. The van der Waals surface area contributed by atoms with E-state index in [1.807, 2.05) is 12.1 Å². The van der Waals surface area contributed by atoms with Gasteiger partial charge >= 0.3 is 0 Å². The van der Waals surface area contributed by atoms with Crippen molar-refractivity contribution in [2.45, 2.75) is 0 Å². The molecule has 5 rings (SSSR count). The topological polar surface area (TPSA) is 0 Å². The summed E-state index contributed by atoms with van der Waals surface area (Å²) in [5, 5.41) is 4.53. The van der Waals surface area contributed by atoms with E-state index in [2.05, 4.69) is 36.4 Å². The Hall–Kier alpha value is -3.52. The lowest BCUT2D eigenvalue weighted by atomic mass is 9.88. The van der Waals surface area contributed by atoms with Gasteiger partial charge in [0.1, 0.15) is 11.6 Å². The van der Waals surface area contributed by atoms with E-state index in [0.717, 1.165) is 38.4 Å². The van der Waals surface area contributed by atoms with Crippen molar-refractivity contribution in [3.8, 4) is 22.3 Å². The van der Waals surface area contributed by atoms with Crippen molar-refractivity contribution < 1.29 is 8.78 Å². The second kappa shape index (κ2) is 6.58. The van der Waals surface area contributed by atoms with E-state index in [0.29, 0.717) is 0 Å². The van der Waals surface area contributed by atoms with Gasteiger partial charge in [-0.25, -0.2) is 8.78 Å². The molecule has 0 atom stereocenters. The maximum absolute atomic E-state index is 13.6. The molecule has 28 heavy (non-hydrogen) atoms. The third kappa shape index (κ3) is 2.84. The standard InChI is InChI=1S/C26H16F2/c27-22-10-5-17(6-11-22)24-14-9-21-15-19-3-1-2-4-20(19)16-25(21)26(24)18-7-12-23(28)13-8-18/h1-16H. The number of benzene rings is 5. The first-order valence-corrected chi connectivity index (χ1v) is 9.16. The number of hydrogen-bond acceptors (Lipinski definition) is 0. The van der Waals surface area contributed by atoms with Crippen LogP contribution in [0.25, 0.3) is 43.8 Å². The van der Waals surface area contributed by atoms with Crippen molar-refractivity contribution in [1.29, 1.82) is 0 Å². The maximum Gasteiger partial charge on any atom is 0.123 e. The summed E-state index contributed by atoms with van der Waals surface area (Å²) >= 11 is 0. The molecule has 0 fully saturated rings. The highest BCUT2D eigenvalue weighted by molar-refractivity contribution is 6.09. The Morgan fingerprint density at radius 3 is 1.68 bits per heavy atom. The van der Waals surface area contributed by atoms with Gasteiger partial charge in [0, 0.05) is 0 Å². The minimum absolute atomic E-state index is 0.265. The number of rotatable bonds is 2. The fraction of sp³-hybridized carbons (Fsp3) is 0. The Labute approximate surface area is 161 Å². The molecule has 0 aliphatic carbocycles. The van der Waals surface area contributed by atoms with Crippen LogP contribution in [-0.2, 0) is 0 Å². The van der Waals surface area contributed by atoms with Crippen LogP contribution in [0.4, 0.5) is 8.78 Å². The Kier molecular flexibility index (Phi) is 3.91. The monoisotopic (exact) mass is 366 g/mol. The Morgan fingerprint density at radius 2 is 1.04 bits per heavy atom. The van der Waals surface area contributed by atoms with E-state index in [1.165, 1.54) is 29.7 Å². The van der Waals surface area contributed by atoms with Gasteiger partial charge in [0.05, 0.1) is 0 Å². The molecule has 0 radical (unpaired) electrons. The third-order valence-electron chi connectivity index (χ3n) is 5.17. The summed E-state index contributed by atoms with van der Waals surface area (Å²) in [6.07, 6.45) is 0. The first-order valence-electron chi connectivity index (χ1n) is 9.16. The summed E-state index contributed by atoms with van der Waals surface area (Å²) in [6.45, 7) is 0. The van der Waals surface area contributed by atoms with Crippen molar-refractivity contribution >= 4 is 21.5 Å². The van der Waals surface area contributed by atoms with Crippen LogP contribution in [0.5, 0.6) is 0 Å². The number of fused-ring (bicyclic) bond motifs is 2. The van der Waals surface area contributed by atoms with Crippen LogP contribution in [0.1, 0.15) is 0 Å². The predicted molar refractivity (Wildman–Crippen MR) is 112 cm³/mol. The highest BCUT2D eigenvalue weighted by Crippen LogP contribution is 2.39. The summed E-state index contributed by atoms with van der Waals surface area (Å²) in [4.78, 5) is 0. The van der Waals surface area contributed by atoms with Gasteiger partial charge < -0.3 is 0 Å². The average Bonchev–Trinajstić information content (AvgIpc) is 2.73. The van der Waals surface area contributed by atoms with Crippen LogP contribution in [0, 0.1) is 11.6 Å². The molecule has 0 spiro atoms. The highest BCUT2D eigenvalue weighted by Gasteiger charge is 2.13. The van der Waals surface area contributed by atoms with Crippen LogP contribution in [0.3, 0.4) is 0 Å². The first-order chi connectivity index (χ1) is 13.7. The minimum atomic E-state index is -0.266. The quantitative estimate of drug-likeness (QED) is 0.282. The molecule has 134 valence electrons. The van der Waals surface area contributed by atoms with E-state index in [1.54, 1.807) is 24.3 Å².